The third kappa shape index (κ3) is 6.50. The molecule has 7 heteroatoms. The molecule has 0 bridgehead atoms. The zero-order chi connectivity index (χ0) is 23.8. The number of benzene rings is 2. The van der Waals surface area contributed by atoms with Crippen molar-refractivity contribution in [1.29, 1.82) is 0 Å². The van der Waals surface area contributed by atoms with Crippen LogP contribution in [0.1, 0.15) is 32.9 Å². The van der Waals surface area contributed by atoms with Gasteiger partial charge in [0.1, 0.15) is 17.2 Å². The molecule has 0 spiro atoms. The number of nitrogens with zero attached hydrogens (tertiary/aromatic N) is 1. The third-order valence-electron chi connectivity index (χ3n) is 5.46. The molecule has 1 N–H and O–H groups in total. The second-order valence-electron chi connectivity index (χ2n) is 7.97. The number of hydrogen-bond donors (Lipinski definition) is 1. The van der Waals surface area contributed by atoms with Crippen molar-refractivity contribution in [2.75, 3.05) is 20.3 Å². The van der Waals surface area contributed by atoms with Gasteiger partial charge in [-0.3, -0.25) is 4.98 Å². The van der Waals surface area contributed by atoms with Gasteiger partial charge >= 0.3 is 5.97 Å². The van der Waals surface area contributed by atoms with E-state index in [-0.39, 0.29) is 5.82 Å². The molecule has 6 nitrogen and oxygen atoms in total. The first-order valence-corrected chi connectivity index (χ1v) is 11.2. The summed E-state index contributed by atoms with van der Waals surface area (Å²) in [6.07, 6.45) is 3.06. The number of furan rings is 1. The van der Waals surface area contributed by atoms with Gasteiger partial charge in [-0.05, 0) is 53.9 Å². The molecule has 176 valence electrons. The lowest BCUT2D eigenvalue weighted by molar-refractivity contribution is 0.0600. The Morgan fingerprint density at radius 2 is 1.85 bits per heavy atom. The molecule has 0 fully saturated rings. The zero-order valence-electron chi connectivity index (χ0n) is 19.1. The molecule has 0 unspecified atom stereocenters. The van der Waals surface area contributed by atoms with Gasteiger partial charge < -0.3 is 19.2 Å². The Morgan fingerprint density at radius 3 is 2.62 bits per heavy atom. The molecule has 0 saturated heterocycles. The highest BCUT2D eigenvalue weighted by Crippen LogP contribution is 2.22. The minimum Gasteiger partial charge on any atom is -0.465 e. The van der Waals surface area contributed by atoms with Gasteiger partial charge in [0.2, 0.25) is 0 Å². The predicted molar refractivity (Wildman–Crippen MR) is 127 cm³/mol. The molecule has 0 atom stereocenters. The maximum atomic E-state index is 13.0. The summed E-state index contributed by atoms with van der Waals surface area (Å²) in [7, 11) is 1.34. The van der Waals surface area contributed by atoms with Crippen LogP contribution in [0.5, 0.6) is 0 Å². The molecular formula is C27H27FN2O4. The maximum Gasteiger partial charge on any atom is 0.339 e. The number of hydrogen-bond acceptors (Lipinski definition) is 6. The molecule has 0 aliphatic carbocycles. The molecule has 2 aromatic heterocycles. The van der Waals surface area contributed by atoms with Gasteiger partial charge in [-0.1, -0.05) is 24.3 Å². The van der Waals surface area contributed by atoms with Crippen LogP contribution in [-0.2, 0) is 35.5 Å². The number of nitrogens with one attached hydrogen (secondary N) is 1. The van der Waals surface area contributed by atoms with Crippen LogP contribution in [0.2, 0.25) is 0 Å². The van der Waals surface area contributed by atoms with E-state index in [9.17, 15) is 9.18 Å². The van der Waals surface area contributed by atoms with Gasteiger partial charge in [0.15, 0.2) is 0 Å². The fourth-order valence-electron chi connectivity index (χ4n) is 3.58. The average Bonchev–Trinajstić information content (AvgIpc) is 3.28. The van der Waals surface area contributed by atoms with Crippen molar-refractivity contribution in [1.82, 2.24) is 10.3 Å². The molecule has 0 radical (unpaired) electrons. The molecule has 2 heterocycles. The number of pyridine rings is 1. The van der Waals surface area contributed by atoms with Crippen molar-refractivity contribution in [3.8, 4) is 0 Å². The minimum absolute atomic E-state index is 0.219. The Labute approximate surface area is 197 Å². The van der Waals surface area contributed by atoms with Gasteiger partial charge in [-0.15, -0.1) is 0 Å². The first-order valence-electron chi connectivity index (χ1n) is 11.2. The normalized spacial score (nSPS) is 11.1. The van der Waals surface area contributed by atoms with Crippen LogP contribution in [0.25, 0.3) is 11.0 Å². The van der Waals surface area contributed by atoms with Gasteiger partial charge in [0.25, 0.3) is 0 Å². The van der Waals surface area contributed by atoms with Crippen LogP contribution in [0.4, 0.5) is 4.39 Å². The van der Waals surface area contributed by atoms with E-state index in [0.717, 1.165) is 46.4 Å². The summed E-state index contributed by atoms with van der Waals surface area (Å²) in [5.74, 6) is 0.299. The maximum absolute atomic E-state index is 13.0. The number of carbonyl (C=O) groups is 1. The van der Waals surface area contributed by atoms with Crippen molar-refractivity contribution in [3.63, 3.8) is 0 Å². The summed E-state index contributed by atoms with van der Waals surface area (Å²) in [5, 5.41) is 4.44. The quantitative estimate of drug-likeness (QED) is 0.254. The second-order valence-corrected chi connectivity index (χ2v) is 7.97. The third-order valence-corrected chi connectivity index (χ3v) is 5.46. The number of fused-ring (bicyclic) bond motifs is 1. The summed E-state index contributed by atoms with van der Waals surface area (Å²) >= 11 is 0. The van der Waals surface area contributed by atoms with Crippen molar-refractivity contribution < 1.29 is 23.1 Å². The Morgan fingerprint density at radius 1 is 1.03 bits per heavy atom. The molecule has 0 amide bonds. The Bertz CT molecular complexity index is 1220. The summed E-state index contributed by atoms with van der Waals surface area (Å²) in [6.45, 7) is 2.31. The van der Waals surface area contributed by atoms with E-state index in [1.807, 2.05) is 12.1 Å². The highest BCUT2D eigenvalue weighted by molar-refractivity contribution is 5.88. The molecular weight excluding hydrogens is 435 g/mol. The smallest absolute Gasteiger partial charge is 0.339 e. The van der Waals surface area contributed by atoms with E-state index in [4.69, 9.17) is 9.15 Å². The number of aromatic nitrogens is 1. The van der Waals surface area contributed by atoms with Crippen molar-refractivity contribution in [2.24, 2.45) is 0 Å². The highest BCUT2D eigenvalue weighted by atomic mass is 19.1. The Balaban J connectivity index is 1.18. The van der Waals surface area contributed by atoms with E-state index >= 15 is 0 Å². The van der Waals surface area contributed by atoms with E-state index < -0.39 is 5.97 Å². The largest absolute Gasteiger partial charge is 0.465 e. The van der Waals surface area contributed by atoms with Crippen LogP contribution >= 0.6 is 0 Å². The van der Waals surface area contributed by atoms with E-state index in [1.54, 1.807) is 12.1 Å². The molecule has 0 saturated carbocycles. The number of methoxy groups -OCH3 is 1. The van der Waals surface area contributed by atoms with Gasteiger partial charge in [-0.25, -0.2) is 9.18 Å². The van der Waals surface area contributed by atoms with Crippen LogP contribution < -0.4 is 5.32 Å². The SMILES string of the molecule is COC(=O)c1ccc(COCCNCc2ccc3cc(CCc4ccc(F)cc4)oc3c2)nc1. The number of esters is 1. The fraction of sp³-hybridized carbons (Fsp3) is 0.259. The highest BCUT2D eigenvalue weighted by Gasteiger charge is 2.07. The zero-order valence-corrected chi connectivity index (χ0v) is 19.1. The standard InChI is InChI=1S/C27H27FN2O4/c1-32-27(31)22-7-10-24(30-17-22)18-33-13-12-29-16-20-2-6-21-15-25(34-26(21)14-20)11-5-19-3-8-23(28)9-4-19/h2-4,6-10,14-15,17,29H,5,11-13,16,18H2,1H3. The lowest BCUT2D eigenvalue weighted by atomic mass is 10.1. The van der Waals surface area contributed by atoms with Crippen LogP contribution in [-0.4, -0.2) is 31.2 Å². The predicted octanol–water partition coefficient (Wildman–Crippen LogP) is 4.85. The van der Waals surface area contributed by atoms with Gasteiger partial charge in [0.05, 0.1) is 31.6 Å². The average molecular weight is 463 g/mol. The number of ether oxygens (including phenoxy) is 2. The minimum atomic E-state index is -0.405. The molecule has 4 rings (SSSR count). The van der Waals surface area contributed by atoms with Crippen LogP contribution in [0.15, 0.2) is 71.3 Å². The van der Waals surface area contributed by atoms with Crippen molar-refractivity contribution >= 4 is 16.9 Å². The topological polar surface area (TPSA) is 73.6 Å². The van der Waals surface area contributed by atoms with Gasteiger partial charge in [0, 0.05) is 31.1 Å². The summed E-state index contributed by atoms with van der Waals surface area (Å²) < 4.78 is 29.4. The first-order chi connectivity index (χ1) is 16.6. The molecule has 0 aliphatic heterocycles. The molecule has 4 aromatic rings. The van der Waals surface area contributed by atoms with E-state index in [0.29, 0.717) is 31.9 Å². The fourth-order valence-corrected chi connectivity index (χ4v) is 3.58. The number of halogens is 1. The molecule has 34 heavy (non-hydrogen) atoms. The van der Waals surface area contributed by atoms with Crippen molar-refractivity contribution in [3.05, 3.63) is 101 Å². The van der Waals surface area contributed by atoms with Crippen LogP contribution in [0, 0.1) is 5.82 Å². The molecule has 2 aromatic carbocycles. The monoisotopic (exact) mass is 462 g/mol. The van der Waals surface area contributed by atoms with Crippen molar-refractivity contribution in [2.45, 2.75) is 26.0 Å². The first kappa shape index (κ1) is 23.6. The second kappa shape index (κ2) is 11.5. The Hall–Kier alpha value is -3.55. The number of carbonyl (C=O) groups excluding carboxylic acids is 1. The van der Waals surface area contributed by atoms with E-state index in [2.05, 4.69) is 39.3 Å². The summed E-state index contributed by atoms with van der Waals surface area (Å²) in [6, 6.07) is 18.3. The summed E-state index contributed by atoms with van der Waals surface area (Å²) in [4.78, 5) is 15.6. The number of rotatable bonds is 11. The van der Waals surface area contributed by atoms with Gasteiger partial charge in [-0.2, -0.15) is 0 Å². The Kier molecular flexibility index (Phi) is 8.01. The number of aryl methyl sites for hydroxylation is 2. The van der Waals surface area contributed by atoms with E-state index in [1.165, 1.54) is 25.4 Å². The van der Waals surface area contributed by atoms with Crippen LogP contribution in [0.3, 0.4) is 0 Å². The lowest BCUT2D eigenvalue weighted by Crippen LogP contribution is -2.19. The molecule has 0 aliphatic rings. The summed E-state index contributed by atoms with van der Waals surface area (Å²) in [5.41, 5.74) is 4.26. The lowest BCUT2D eigenvalue weighted by Gasteiger charge is -2.07.